The lowest BCUT2D eigenvalue weighted by atomic mass is 10.1. The Balaban J connectivity index is 1.84. The molecular weight excluding hydrogens is 390 g/mol. The molecule has 2 amide bonds. The van der Waals surface area contributed by atoms with Crippen molar-refractivity contribution in [1.29, 1.82) is 0 Å². The highest BCUT2D eigenvalue weighted by Crippen LogP contribution is 2.22. The number of sulfonamides is 1. The van der Waals surface area contributed by atoms with Crippen LogP contribution in [0.1, 0.15) is 5.56 Å². The fraction of sp³-hybridized carbons (Fsp3) is 0.238. The van der Waals surface area contributed by atoms with Crippen molar-refractivity contribution in [3.8, 4) is 0 Å². The Bertz CT molecular complexity index is 978. The van der Waals surface area contributed by atoms with Crippen LogP contribution in [0, 0.1) is 0 Å². The number of nitrogens with zero attached hydrogens (tertiary/aromatic N) is 2. The molecule has 1 heterocycles. The molecule has 29 heavy (non-hydrogen) atoms. The molecule has 1 aliphatic rings. The molecule has 1 aliphatic heterocycles. The second kappa shape index (κ2) is 9.02. The molecule has 8 heteroatoms. The van der Waals surface area contributed by atoms with E-state index in [-0.39, 0.29) is 37.0 Å². The van der Waals surface area contributed by atoms with E-state index in [1.54, 1.807) is 18.2 Å². The predicted octanol–water partition coefficient (Wildman–Crippen LogP) is 1.39. The van der Waals surface area contributed by atoms with E-state index in [9.17, 15) is 18.0 Å². The van der Waals surface area contributed by atoms with E-state index in [4.69, 9.17) is 0 Å². The lowest BCUT2D eigenvalue weighted by molar-refractivity contribution is -0.132. The molecule has 0 aliphatic carbocycles. The summed E-state index contributed by atoms with van der Waals surface area (Å²) >= 11 is 0. The van der Waals surface area contributed by atoms with Gasteiger partial charge >= 0.3 is 0 Å². The van der Waals surface area contributed by atoms with Crippen LogP contribution in [0.5, 0.6) is 0 Å². The van der Waals surface area contributed by atoms with Gasteiger partial charge in [-0.3, -0.25) is 9.59 Å². The fourth-order valence-electron chi connectivity index (χ4n) is 3.23. The van der Waals surface area contributed by atoms with Crippen LogP contribution in [0.4, 0.5) is 0 Å². The first-order chi connectivity index (χ1) is 13.9. The summed E-state index contributed by atoms with van der Waals surface area (Å²) in [5.74, 6) is -0.780. The second-order valence-electron chi connectivity index (χ2n) is 6.64. The van der Waals surface area contributed by atoms with Crippen LogP contribution in [0.2, 0.25) is 0 Å². The third-order valence-electron chi connectivity index (χ3n) is 4.78. The maximum Gasteiger partial charge on any atom is 0.246 e. The molecule has 0 saturated carbocycles. The van der Waals surface area contributed by atoms with E-state index < -0.39 is 22.0 Å². The highest BCUT2D eigenvalue weighted by Gasteiger charge is 2.40. The lowest BCUT2D eigenvalue weighted by Gasteiger charge is -2.39. The number of piperazine rings is 1. The van der Waals surface area contributed by atoms with Crippen molar-refractivity contribution in [3.05, 3.63) is 78.9 Å². The zero-order valence-corrected chi connectivity index (χ0v) is 16.7. The van der Waals surface area contributed by atoms with E-state index >= 15 is 0 Å². The maximum absolute atomic E-state index is 13.1. The van der Waals surface area contributed by atoms with Crippen LogP contribution < -0.4 is 5.32 Å². The summed E-state index contributed by atoms with van der Waals surface area (Å²) < 4.78 is 27.5. The number of carbonyl (C=O) groups excluding carboxylic acids is 2. The van der Waals surface area contributed by atoms with Gasteiger partial charge in [0, 0.05) is 26.2 Å². The van der Waals surface area contributed by atoms with E-state index in [0.29, 0.717) is 0 Å². The quantitative estimate of drug-likeness (QED) is 0.725. The first-order valence-electron chi connectivity index (χ1n) is 9.23. The van der Waals surface area contributed by atoms with Gasteiger partial charge in [-0.15, -0.1) is 0 Å². The Morgan fingerprint density at radius 2 is 1.66 bits per heavy atom. The molecular formula is C21H23N3O4S. The second-order valence-corrected chi connectivity index (χ2v) is 8.53. The number of hydrogen-bond donors (Lipinski definition) is 1. The molecule has 0 spiro atoms. The number of hydrogen-bond acceptors (Lipinski definition) is 4. The molecule has 0 radical (unpaired) electrons. The van der Waals surface area contributed by atoms with Gasteiger partial charge in [-0.1, -0.05) is 55.1 Å². The lowest BCUT2D eigenvalue weighted by Crippen LogP contribution is -2.61. The van der Waals surface area contributed by atoms with Crippen LogP contribution >= 0.6 is 0 Å². The first-order valence-corrected chi connectivity index (χ1v) is 10.7. The summed E-state index contributed by atoms with van der Waals surface area (Å²) in [6.07, 6.45) is 1.17. The Morgan fingerprint density at radius 1 is 1.03 bits per heavy atom. The van der Waals surface area contributed by atoms with Gasteiger partial charge in [0.1, 0.15) is 6.04 Å². The van der Waals surface area contributed by atoms with Crippen molar-refractivity contribution in [3.63, 3.8) is 0 Å². The van der Waals surface area contributed by atoms with Crippen LogP contribution in [0.3, 0.4) is 0 Å². The number of amides is 2. The molecule has 3 rings (SSSR count). The topological polar surface area (TPSA) is 86.8 Å². The van der Waals surface area contributed by atoms with Crippen LogP contribution in [0.25, 0.3) is 0 Å². The third-order valence-corrected chi connectivity index (χ3v) is 6.70. The highest BCUT2D eigenvalue weighted by molar-refractivity contribution is 7.89. The van der Waals surface area contributed by atoms with Gasteiger partial charge in [0.25, 0.3) is 0 Å². The van der Waals surface area contributed by atoms with Gasteiger partial charge in [0.05, 0.1) is 4.90 Å². The van der Waals surface area contributed by atoms with Crippen molar-refractivity contribution in [2.45, 2.75) is 17.5 Å². The zero-order chi connectivity index (χ0) is 20.9. The van der Waals surface area contributed by atoms with Gasteiger partial charge in [-0.2, -0.15) is 4.31 Å². The maximum atomic E-state index is 13.1. The van der Waals surface area contributed by atoms with Crippen LogP contribution in [0.15, 0.2) is 78.2 Å². The average Bonchev–Trinajstić information content (AvgIpc) is 2.77. The minimum atomic E-state index is -3.89. The largest absolute Gasteiger partial charge is 0.351 e. The van der Waals surface area contributed by atoms with Crippen molar-refractivity contribution < 1.29 is 18.0 Å². The predicted molar refractivity (Wildman–Crippen MR) is 109 cm³/mol. The van der Waals surface area contributed by atoms with Crippen molar-refractivity contribution in [2.24, 2.45) is 0 Å². The molecule has 2 aromatic rings. The monoisotopic (exact) mass is 413 g/mol. The summed E-state index contributed by atoms with van der Waals surface area (Å²) in [5.41, 5.74) is 0.896. The number of benzene rings is 2. The van der Waals surface area contributed by atoms with E-state index in [1.807, 2.05) is 30.3 Å². The molecule has 1 atom stereocenters. The fourth-order valence-corrected chi connectivity index (χ4v) is 4.82. The molecule has 1 fully saturated rings. The van der Waals surface area contributed by atoms with E-state index in [0.717, 1.165) is 5.56 Å². The molecule has 0 bridgehead atoms. The third kappa shape index (κ3) is 4.72. The number of nitrogens with one attached hydrogen (secondary N) is 1. The number of carbonyl (C=O) groups is 2. The van der Waals surface area contributed by atoms with E-state index in [1.165, 1.54) is 27.4 Å². The average molecular weight is 413 g/mol. The van der Waals surface area contributed by atoms with Crippen molar-refractivity contribution in [1.82, 2.24) is 14.5 Å². The molecule has 0 aromatic heterocycles. The SMILES string of the molecule is C=CC(=O)N1CCN(S(=O)(=O)c2ccccc2)C(C(=O)NCc2ccccc2)C1. The standard InChI is InChI=1S/C21H23N3O4S/c1-2-20(25)23-13-14-24(29(27,28)18-11-7-4-8-12-18)19(16-23)21(26)22-15-17-9-5-3-6-10-17/h2-12,19H,1,13-16H2,(H,22,26). The normalized spacial score (nSPS) is 17.5. The zero-order valence-electron chi connectivity index (χ0n) is 15.9. The Morgan fingerprint density at radius 3 is 2.28 bits per heavy atom. The summed E-state index contributed by atoms with van der Waals surface area (Å²) in [7, 11) is -3.89. The molecule has 7 nitrogen and oxygen atoms in total. The van der Waals surface area contributed by atoms with Gasteiger partial charge < -0.3 is 10.2 Å². The molecule has 1 unspecified atom stereocenters. The summed E-state index contributed by atoms with van der Waals surface area (Å²) in [4.78, 5) is 26.5. The molecule has 2 aromatic carbocycles. The van der Waals surface area contributed by atoms with Gasteiger partial charge in [0.15, 0.2) is 0 Å². The van der Waals surface area contributed by atoms with Crippen molar-refractivity contribution in [2.75, 3.05) is 19.6 Å². The highest BCUT2D eigenvalue weighted by atomic mass is 32.2. The summed E-state index contributed by atoms with van der Waals surface area (Å²) in [6, 6.07) is 16.3. The van der Waals surface area contributed by atoms with Gasteiger partial charge in [-0.25, -0.2) is 8.42 Å². The van der Waals surface area contributed by atoms with Crippen LogP contribution in [-0.4, -0.2) is 55.1 Å². The minimum absolute atomic E-state index is 0.0280. The Labute approximate surface area is 170 Å². The van der Waals surface area contributed by atoms with Crippen molar-refractivity contribution >= 4 is 21.8 Å². The van der Waals surface area contributed by atoms with Gasteiger partial charge in [0.2, 0.25) is 21.8 Å². The smallest absolute Gasteiger partial charge is 0.246 e. The summed E-state index contributed by atoms with van der Waals surface area (Å²) in [5, 5.41) is 2.79. The molecule has 152 valence electrons. The van der Waals surface area contributed by atoms with E-state index in [2.05, 4.69) is 11.9 Å². The molecule has 1 N–H and O–H groups in total. The van der Waals surface area contributed by atoms with Crippen LogP contribution in [-0.2, 0) is 26.2 Å². The minimum Gasteiger partial charge on any atom is -0.351 e. The Hall–Kier alpha value is -2.97. The Kier molecular flexibility index (Phi) is 6.46. The number of rotatable bonds is 6. The first kappa shape index (κ1) is 20.8. The molecule has 1 saturated heterocycles. The summed E-state index contributed by atoms with van der Waals surface area (Å²) in [6.45, 7) is 3.93. The van der Waals surface area contributed by atoms with Gasteiger partial charge in [-0.05, 0) is 23.8 Å².